The summed E-state index contributed by atoms with van der Waals surface area (Å²) >= 11 is 3.42. The molecule has 0 heterocycles. The molecule has 100 valence electrons. The van der Waals surface area contributed by atoms with Crippen LogP contribution in [0, 0.1) is 6.92 Å². The van der Waals surface area contributed by atoms with Crippen LogP contribution in [0.15, 0.2) is 46.9 Å². The number of halogens is 1. The van der Waals surface area contributed by atoms with Crippen LogP contribution < -0.4 is 5.32 Å². The zero-order valence-corrected chi connectivity index (χ0v) is 12.7. The molecule has 2 aromatic carbocycles. The molecule has 0 aliphatic carbocycles. The van der Waals surface area contributed by atoms with Gasteiger partial charge in [-0.1, -0.05) is 40.2 Å². The minimum Gasteiger partial charge on any atom is -0.508 e. The van der Waals surface area contributed by atoms with Crippen molar-refractivity contribution >= 4 is 15.9 Å². The summed E-state index contributed by atoms with van der Waals surface area (Å²) in [5.41, 5.74) is 3.47. The molecule has 0 radical (unpaired) electrons. The summed E-state index contributed by atoms with van der Waals surface area (Å²) in [5.74, 6) is 0.327. The van der Waals surface area contributed by atoms with Crippen LogP contribution in [-0.2, 0) is 6.54 Å². The zero-order valence-electron chi connectivity index (χ0n) is 11.2. The Hall–Kier alpha value is -1.32. The van der Waals surface area contributed by atoms with Gasteiger partial charge >= 0.3 is 0 Å². The number of phenols is 1. The molecule has 0 aromatic heterocycles. The smallest absolute Gasteiger partial charge is 0.120 e. The first-order chi connectivity index (χ1) is 9.08. The topological polar surface area (TPSA) is 32.3 Å². The van der Waals surface area contributed by atoms with Crippen molar-refractivity contribution < 1.29 is 5.11 Å². The first-order valence-corrected chi connectivity index (χ1v) is 7.13. The van der Waals surface area contributed by atoms with E-state index < -0.39 is 0 Å². The Balaban J connectivity index is 2.06. The molecule has 2 nitrogen and oxygen atoms in total. The molecule has 1 atom stereocenters. The van der Waals surface area contributed by atoms with Crippen molar-refractivity contribution in [2.24, 2.45) is 0 Å². The Labute approximate surface area is 122 Å². The quantitative estimate of drug-likeness (QED) is 0.879. The van der Waals surface area contributed by atoms with Crippen molar-refractivity contribution in [3.63, 3.8) is 0 Å². The largest absolute Gasteiger partial charge is 0.508 e. The third-order valence-electron chi connectivity index (χ3n) is 3.30. The standard InChI is InChI=1S/C16H18BrNO/c1-11-5-3-4-6-15(11)12(2)18-10-13-9-14(17)7-8-16(13)19/h3-9,12,18-19H,10H2,1-2H3/t12-/m1/s1. The number of hydrogen-bond donors (Lipinski definition) is 2. The van der Waals surface area contributed by atoms with Crippen molar-refractivity contribution in [3.05, 3.63) is 63.6 Å². The van der Waals surface area contributed by atoms with Crippen LogP contribution in [0.2, 0.25) is 0 Å². The second kappa shape index (κ2) is 6.22. The van der Waals surface area contributed by atoms with E-state index in [2.05, 4.69) is 53.3 Å². The van der Waals surface area contributed by atoms with Crippen LogP contribution >= 0.6 is 15.9 Å². The SMILES string of the molecule is Cc1ccccc1[C@@H](C)NCc1cc(Br)ccc1O. The monoisotopic (exact) mass is 319 g/mol. The molecule has 2 rings (SSSR count). The highest BCUT2D eigenvalue weighted by Crippen LogP contribution is 2.23. The van der Waals surface area contributed by atoms with Crippen molar-refractivity contribution in [2.45, 2.75) is 26.4 Å². The molecular formula is C16H18BrNO. The Morgan fingerprint density at radius 2 is 1.95 bits per heavy atom. The van der Waals surface area contributed by atoms with E-state index in [4.69, 9.17) is 0 Å². The van der Waals surface area contributed by atoms with E-state index in [9.17, 15) is 5.11 Å². The highest BCUT2D eigenvalue weighted by atomic mass is 79.9. The molecule has 2 aromatic rings. The molecule has 0 bridgehead atoms. The molecule has 3 heteroatoms. The molecule has 0 amide bonds. The van der Waals surface area contributed by atoms with Crippen LogP contribution in [0.3, 0.4) is 0 Å². The van der Waals surface area contributed by atoms with Crippen molar-refractivity contribution in [1.29, 1.82) is 0 Å². The highest BCUT2D eigenvalue weighted by molar-refractivity contribution is 9.10. The molecule has 0 fully saturated rings. The number of nitrogens with one attached hydrogen (secondary N) is 1. The molecule has 0 saturated heterocycles. The Kier molecular flexibility index (Phi) is 4.61. The summed E-state index contributed by atoms with van der Waals surface area (Å²) in [4.78, 5) is 0. The maximum absolute atomic E-state index is 9.81. The van der Waals surface area contributed by atoms with Crippen molar-refractivity contribution in [1.82, 2.24) is 5.32 Å². The average molecular weight is 320 g/mol. The van der Waals surface area contributed by atoms with Crippen LogP contribution in [0.25, 0.3) is 0 Å². The summed E-state index contributed by atoms with van der Waals surface area (Å²) < 4.78 is 0.977. The lowest BCUT2D eigenvalue weighted by atomic mass is 10.0. The van der Waals surface area contributed by atoms with Crippen LogP contribution in [0.4, 0.5) is 0 Å². The van der Waals surface area contributed by atoms with Crippen molar-refractivity contribution in [2.75, 3.05) is 0 Å². The van der Waals surface area contributed by atoms with Crippen molar-refractivity contribution in [3.8, 4) is 5.75 Å². The third kappa shape index (κ3) is 3.58. The molecule has 0 aliphatic heterocycles. The number of phenolic OH excluding ortho intramolecular Hbond substituents is 1. The number of aromatic hydroxyl groups is 1. The first-order valence-electron chi connectivity index (χ1n) is 6.34. The lowest BCUT2D eigenvalue weighted by Crippen LogP contribution is -2.18. The Morgan fingerprint density at radius 1 is 1.21 bits per heavy atom. The van der Waals surface area contributed by atoms with Crippen LogP contribution in [-0.4, -0.2) is 5.11 Å². The van der Waals surface area contributed by atoms with E-state index in [1.807, 2.05) is 18.2 Å². The maximum atomic E-state index is 9.81. The van der Waals surface area contributed by atoms with E-state index >= 15 is 0 Å². The van der Waals surface area contributed by atoms with Gasteiger partial charge in [-0.25, -0.2) is 0 Å². The fourth-order valence-corrected chi connectivity index (χ4v) is 2.55. The minimum absolute atomic E-state index is 0.250. The molecule has 2 N–H and O–H groups in total. The van der Waals surface area contributed by atoms with Gasteiger partial charge in [0.25, 0.3) is 0 Å². The van der Waals surface area contributed by atoms with Crippen LogP contribution in [0.5, 0.6) is 5.75 Å². The molecule has 0 saturated carbocycles. The fourth-order valence-electron chi connectivity index (χ4n) is 2.14. The molecule has 0 spiro atoms. The molecule has 0 aliphatic rings. The lowest BCUT2D eigenvalue weighted by Gasteiger charge is -2.17. The summed E-state index contributed by atoms with van der Waals surface area (Å²) in [5, 5.41) is 13.3. The summed E-state index contributed by atoms with van der Waals surface area (Å²) in [6, 6.07) is 14.1. The summed E-state index contributed by atoms with van der Waals surface area (Å²) in [7, 11) is 0. The number of hydrogen-bond acceptors (Lipinski definition) is 2. The predicted molar refractivity (Wildman–Crippen MR) is 82.2 cm³/mol. The summed E-state index contributed by atoms with van der Waals surface area (Å²) in [6.45, 7) is 4.89. The molecule has 0 unspecified atom stereocenters. The van der Waals surface area contributed by atoms with Gasteiger partial charge in [-0.05, 0) is 43.2 Å². The lowest BCUT2D eigenvalue weighted by molar-refractivity contribution is 0.460. The predicted octanol–water partition coefficient (Wildman–Crippen LogP) is 4.31. The van der Waals surface area contributed by atoms with E-state index in [-0.39, 0.29) is 6.04 Å². The second-order valence-electron chi connectivity index (χ2n) is 4.73. The average Bonchev–Trinajstić information content (AvgIpc) is 2.40. The normalized spacial score (nSPS) is 12.4. The van der Waals surface area contributed by atoms with Gasteiger partial charge < -0.3 is 10.4 Å². The maximum Gasteiger partial charge on any atom is 0.120 e. The van der Waals surface area contributed by atoms with Gasteiger partial charge in [-0.2, -0.15) is 0 Å². The zero-order chi connectivity index (χ0) is 13.8. The van der Waals surface area contributed by atoms with Crippen LogP contribution in [0.1, 0.15) is 29.7 Å². The fraction of sp³-hybridized carbons (Fsp3) is 0.250. The molecule has 19 heavy (non-hydrogen) atoms. The summed E-state index contributed by atoms with van der Waals surface area (Å²) in [6.07, 6.45) is 0. The minimum atomic E-state index is 0.250. The Bertz CT molecular complexity index is 568. The van der Waals surface area contributed by atoms with Gasteiger partial charge in [-0.3, -0.25) is 0 Å². The molecular weight excluding hydrogens is 302 g/mol. The first kappa shape index (κ1) is 14.1. The van der Waals surface area contributed by atoms with Gasteiger partial charge in [0.05, 0.1) is 0 Å². The Morgan fingerprint density at radius 3 is 2.68 bits per heavy atom. The number of rotatable bonds is 4. The van der Waals surface area contributed by atoms with E-state index in [0.717, 1.165) is 10.0 Å². The third-order valence-corrected chi connectivity index (χ3v) is 3.79. The second-order valence-corrected chi connectivity index (χ2v) is 5.65. The van der Waals surface area contributed by atoms with Gasteiger partial charge in [0, 0.05) is 22.6 Å². The van der Waals surface area contributed by atoms with Gasteiger partial charge in [0.15, 0.2) is 0 Å². The number of aryl methyl sites for hydroxylation is 1. The van der Waals surface area contributed by atoms with E-state index in [1.54, 1.807) is 6.07 Å². The van der Waals surface area contributed by atoms with E-state index in [1.165, 1.54) is 11.1 Å². The van der Waals surface area contributed by atoms with Gasteiger partial charge in [0.1, 0.15) is 5.75 Å². The highest BCUT2D eigenvalue weighted by Gasteiger charge is 2.08. The van der Waals surface area contributed by atoms with Gasteiger partial charge in [-0.15, -0.1) is 0 Å². The number of benzene rings is 2. The van der Waals surface area contributed by atoms with E-state index in [0.29, 0.717) is 12.3 Å². The van der Waals surface area contributed by atoms with Gasteiger partial charge in [0.2, 0.25) is 0 Å².